The highest BCUT2D eigenvalue weighted by Gasteiger charge is 2.36. The van der Waals surface area contributed by atoms with Crippen LogP contribution in [0.15, 0.2) is 24.3 Å². The number of benzene rings is 1. The summed E-state index contributed by atoms with van der Waals surface area (Å²) < 4.78 is 6.15. The molecule has 2 heterocycles. The molecular formula is C18H26N2O. The van der Waals surface area contributed by atoms with Crippen LogP contribution in [-0.2, 0) is 6.42 Å². The standard InChI is InChI=1S/C18H26N2O/c1-13-8-9-19-17(14-6-7-14)12-20(13)11-16-10-15-4-2-3-5-18(15)21-16/h2-5,13-14,16-17,19H,6-12H2,1H3. The van der Waals surface area contributed by atoms with Crippen molar-refractivity contribution in [1.29, 1.82) is 0 Å². The summed E-state index contributed by atoms with van der Waals surface area (Å²) in [5.74, 6) is 2.03. The van der Waals surface area contributed by atoms with Crippen LogP contribution < -0.4 is 10.1 Å². The first kappa shape index (κ1) is 13.6. The summed E-state index contributed by atoms with van der Waals surface area (Å²) in [7, 11) is 0. The van der Waals surface area contributed by atoms with E-state index in [2.05, 4.69) is 41.4 Å². The first-order chi connectivity index (χ1) is 10.3. The summed E-state index contributed by atoms with van der Waals surface area (Å²) in [5.41, 5.74) is 1.38. The highest BCUT2D eigenvalue weighted by Crippen LogP contribution is 2.34. The normalized spacial score (nSPS) is 33.3. The maximum absolute atomic E-state index is 6.15. The van der Waals surface area contributed by atoms with Crippen LogP contribution in [0.2, 0.25) is 0 Å². The number of ether oxygens (including phenoxy) is 1. The Morgan fingerprint density at radius 2 is 2.10 bits per heavy atom. The van der Waals surface area contributed by atoms with Crippen molar-refractivity contribution in [3.05, 3.63) is 29.8 Å². The minimum Gasteiger partial charge on any atom is -0.488 e. The molecule has 0 spiro atoms. The number of hydrogen-bond acceptors (Lipinski definition) is 3. The fourth-order valence-electron chi connectivity index (χ4n) is 3.84. The molecule has 1 N–H and O–H groups in total. The van der Waals surface area contributed by atoms with Crippen molar-refractivity contribution in [1.82, 2.24) is 10.2 Å². The predicted molar refractivity (Wildman–Crippen MR) is 84.7 cm³/mol. The summed E-state index contributed by atoms with van der Waals surface area (Å²) in [6.45, 7) is 5.81. The molecule has 2 aliphatic heterocycles. The van der Waals surface area contributed by atoms with E-state index in [-0.39, 0.29) is 0 Å². The Morgan fingerprint density at radius 3 is 2.90 bits per heavy atom. The molecule has 2 fully saturated rings. The molecule has 3 nitrogen and oxygen atoms in total. The van der Waals surface area contributed by atoms with Crippen LogP contribution in [0.1, 0.15) is 31.7 Å². The molecule has 114 valence electrons. The Labute approximate surface area is 127 Å². The maximum atomic E-state index is 6.15. The minimum atomic E-state index is 0.336. The molecular weight excluding hydrogens is 260 g/mol. The first-order valence-corrected chi connectivity index (χ1v) is 8.51. The van der Waals surface area contributed by atoms with Crippen molar-refractivity contribution in [2.45, 2.75) is 50.8 Å². The van der Waals surface area contributed by atoms with Gasteiger partial charge in [0.15, 0.2) is 0 Å². The van der Waals surface area contributed by atoms with Crippen LogP contribution in [0.4, 0.5) is 0 Å². The van der Waals surface area contributed by atoms with Gasteiger partial charge in [0.2, 0.25) is 0 Å². The van der Waals surface area contributed by atoms with Gasteiger partial charge in [-0.05, 0) is 50.3 Å². The van der Waals surface area contributed by atoms with E-state index in [1.807, 2.05) is 0 Å². The lowest BCUT2D eigenvalue weighted by atomic mass is 10.1. The molecule has 3 unspecified atom stereocenters. The third-order valence-corrected chi connectivity index (χ3v) is 5.37. The van der Waals surface area contributed by atoms with Gasteiger partial charge in [-0.2, -0.15) is 0 Å². The van der Waals surface area contributed by atoms with Crippen LogP contribution >= 0.6 is 0 Å². The minimum absolute atomic E-state index is 0.336. The van der Waals surface area contributed by atoms with Gasteiger partial charge in [0.1, 0.15) is 11.9 Å². The fraction of sp³-hybridized carbons (Fsp3) is 0.667. The van der Waals surface area contributed by atoms with Crippen molar-refractivity contribution in [3.63, 3.8) is 0 Å². The number of rotatable bonds is 3. The van der Waals surface area contributed by atoms with Gasteiger partial charge >= 0.3 is 0 Å². The van der Waals surface area contributed by atoms with Gasteiger partial charge in [-0.1, -0.05) is 18.2 Å². The predicted octanol–water partition coefficient (Wildman–Crippen LogP) is 2.45. The van der Waals surface area contributed by atoms with Gasteiger partial charge in [0, 0.05) is 31.6 Å². The second-order valence-corrected chi connectivity index (χ2v) is 7.04. The van der Waals surface area contributed by atoms with Gasteiger partial charge in [-0.3, -0.25) is 4.90 Å². The molecule has 21 heavy (non-hydrogen) atoms. The molecule has 3 heteroatoms. The molecule has 3 aliphatic rings. The van der Waals surface area contributed by atoms with E-state index in [1.54, 1.807) is 0 Å². The monoisotopic (exact) mass is 286 g/mol. The largest absolute Gasteiger partial charge is 0.488 e. The van der Waals surface area contributed by atoms with E-state index in [0.29, 0.717) is 18.2 Å². The van der Waals surface area contributed by atoms with E-state index in [9.17, 15) is 0 Å². The lowest BCUT2D eigenvalue weighted by molar-refractivity contribution is 0.118. The van der Waals surface area contributed by atoms with Gasteiger partial charge in [-0.25, -0.2) is 0 Å². The molecule has 0 bridgehead atoms. The highest BCUT2D eigenvalue weighted by molar-refractivity contribution is 5.37. The number of hydrogen-bond donors (Lipinski definition) is 1. The SMILES string of the molecule is CC1CCNC(C2CC2)CN1CC1Cc2ccccc2O1. The van der Waals surface area contributed by atoms with Crippen molar-refractivity contribution < 1.29 is 4.74 Å². The second kappa shape index (κ2) is 5.62. The summed E-state index contributed by atoms with van der Waals surface area (Å²) in [6.07, 6.45) is 5.50. The molecule has 1 saturated heterocycles. The summed E-state index contributed by atoms with van der Waals surface area (Å²) >= 11 is 0. The molecule has 0 aromatic heterocycles. The van der Waals surface area contributed by atoms with Gasteiger partial charge in [-0.15, -0.1) is 0 Å². The molecule has 1 aromatic rings. The molecule has 1 saturated carbocycles. The first-order valence-electron chi connectivity index (χ1n) is 8.51. The Balaban J connectivity index is 1.41. The number of para-hydroxylation sites is 1. The van der Waals surface area contributed by atoms with E-state index < -0.39 is 0 Å². The zero-order valence-corrected chi connectivity index (χ0v) is 12.9. The summed E-state index contributed by atoms with van der Waals surface area (Å²) in [5, 5.41) is 3.76. The third kappa shape index (κ3) is 2.95. The fourth-order valence-corrected chi connectivity index (χ4v) is 3.84. The van der Waals surface area contributed by atoms with Crippen molar-refractivity contribution in [2.24, 2.45) is 5.92 Å². The highest BCUT2D eigenvalue weighted by atomic mass is 16.5. The quantitative estimate of drug-likeness (QED) is 0.924. The summed E-state index contributed by atoms with van der Waals surface area (Å²) in [6, 6.07) is 9.87. The summed E-state index contributed by atoms with van der Waals surface area (Å²) in [4.78, 5) is 2.67. The smallest absolute Gasteiger partial charge is 0.123 e. The van der Waals surface area contributed by atoms with E-state index >= 15 is 0 Å². The Hall–Kier alpha value is -1.06. The second-order valence-electron chi connectivity index (χ2n) is 7.04. The number of nitrogens with zero attached hydrogens (tertiary/aromatic N) is 1. The maximum Gasteiger partial charge on any atom is 0.123 e. The average molecular weight is 286 g/mol. The number of nitrogens with one attached hydrogen (secondary N) is 1. The lowest BCUT2D eigenvalue weighted by Gasteiger charge is -2.31. The molecule has 0 amide bonds. The van der Waals surface area contributed by atoms with Crippen LogP contribution in [0, 0.1) is 5.92 Å². The van der Waals surface area contributed by atoms with Crippen molar-refractivity contribution >= 4 is 0 Å². The zero-order chi connectivity index (χ0) is 14.2. The Morgan fingerprint density at radius 1 is 1.24 bits per heavy atom. The van der Waals surface area contributed by atoms with Gasteiger partial charge in [0.05, 0.1) is 0 Å². The topological polar surface area (TPSA) is 24.5 Å². The lowest BCUT2D eigenvalue weighted by Crippen LogP contribution is -2.45. The Kier molecular flexibility index (Phi) is 3.64. The van der Waals surface area contributed by atoms with Crippen molar-refractivity contribution in [3.8, 4) is 5.75 Å². The molecule has 0 radical (unpaired) electrons. The third-order valence-electron chi connectivity index (χ3n) is 5.37. The van der Waals surface area contributed by atoms with Crippen LogP contribution in [0.3, 0.4) is 0 Å². The molecule has 4 rings (SSSR count). The average Bonchev–Trinajstić information content (AvgIpc) is 3.25. The molecule has 3 atom stereocenters. The van der Waals surface area contributed by atoms with E-state index in [4.69, 9.17) is 4.74 Å². The number of fused-ring (bicyclic) bond motifs is 1. The van der Waals surface area contributed by atoms with Crippen molar-refractivity contribution in [2.75, 3.05) is 19.6 Å². The van der Waals surface area contributed by atoms with Gasteiger partial charge < -0.3 is 10.1 Å². The van der Waals surface area contributed by atoms with Crippen LogP contribution in [0.25, 0.3) is 0 Å². The van der Waals surface area contributed by atoms with Crippen LogP contribution in [0.5, 0.6) is 5.75 Å². The Bertz CT molecular complexity index is 475. The molecule has 1 aliphatic carbocycles. The zero-order valence-electron chi connectivity index (χ0n) is 12.9. The van der Waals surface area contributed by atoms with E-state index in [1.165, 1.54) is 37.9 Å². The molecule has 1 aromatic carbocycles. The van der Waals surface area contributed by atoms with Crippen LogP contribution in [-0.4, -0.2) is 42.7 Å². The van der Waals surface area contributed by atoms with E-state index in [0.717, 1.165) is 24.6 Å². The van der Waals surface area contributed by atoms with Gasteiger partial charge in [0.25, 0.3) is 0 Å².